The normalized spacial score (nSPS) is 23.5. The number of carboxylic acids is 1. The zero-order chi connectivity index (χ0) is 12.7. The Labute approximate surface area is 104 Å². The van der Waals surface area contributed by atoms with Gasteiger partial charge < -0.3 is 10.4 Å². The second-order valence-electron chi connectivity index (χ2n) is 4.85. The first-order chi connectivity index (χ1) is 8.20. The minimum Gasteiger partial charge on any atom is -0.480 e. The molecule has 4 nitrogen and oxygen atoms in total. The van der Waals surface area contributed by atoms with E-state index in [1.165, 1.54) is 6.42 Å². The van der Waals surface area contributed by atoms with Gasteiger partial charge in [-0.15, -0.1) is 0 Å². The van der Waals surface area contributed by atoms with Crippen LogP contribution in [0.3, 0.4) is 0 Å². The molecular formula is C13H26N2O2. The Morgan fingerprint density at radius 3 is 2.82 bits per heavy atom. The van der Waals surface area contributed by atoms with Gasteiger partial charge in [0.15, 0.2) is 0 Å². The summed E-state index contributed by atoms with van der Waals surface area (Å²) in [4.78, 5) is 13.4. The molecule has 0 bridgehead atoms. The van der Waals surface area contributed by atoms with Gasteiger partial charge in [0.2, 0.25) is 0 Å². The van der Waals surface area contributed by atoms with Gasteiger partial charge in [-0.3, -0.25) is 9.69 Å². The maximum Gasteiger partial charge on any atom is 0.320 e. The first-order valence-corrected chi connectivity index (χ1v) is 6.90. The van der Waals surface area contributed by atoms with Crippen molar-refractivity contribution in [3.8, 4) is 0 Å². The van der Waals surface area contributed by atoms with E-state index in [9.17, 15) is 9.90 Å². The van der Waals surface area contributed by atoms with Crippen LogP contribution in [0.1, 0.15) is 46.0 Å². The molecule has 1 heterocycles. The number of rotatable bonds is 7. The first-order valence-electron chi connectivity index (χ1n) is 6.90. The van der Waals surface area contributed by atoms with E-state index < -0.39 is 5.97 Å². The monoisotopic (exact) mass is 242 g/mol. The van der Waals surface area contributed by atoms with E-state index in [2.05, 4.69) is 17.1 Å². The Morgan fingerprint density at radius 1 is 1.47 bits per heavy atom. The molecule has 1 fully saturated rings. The third kappa shape index (κ3) is 4.28. The summed E-state index contributed by atoms with van der Waals surface area (Å²) in [7, 11) is 0. The molecule has 1 aliphatic rings. The molecule has 0 aliphatic carbocycles. The lowest BCUT2D eigenvalue weighted by molar-refractivity contribution is -0.145. The summed E-state index contributed by atoms with van der Waals surface area (Å²) >= 11 is 0. The van der Waals surface area contributed by atoms with Crippen LogP contribution in [0.25, 0.3) is 0 Å². The number of nitrogens with one attached hydrogen (secondary N) is 1. The molecule has 100 valence electrons. The third-order valence-electron chi connectivity index (χ3n) is 3.55. The Morgan fingerprint density at radius 2 is 2.24 bits per heavy atom. The number of hydrogen-bond donors (Lipinski definition) is 2. The fourth-order valence-electron chi connectivity index (χ4n) is 2.65. The van der Waals surface area contributed by atoms with Crippen LogP contribution < -0.4 is 5.32 Å². The van der Waals surface area contributed by atoms with Gasteiger partial charge in [-0.1, -0.05) is 20.3 Å². The number of nitrogens with zero attached hydrogens (tertiary/aromatic N) is 1. The zero-order valence-corrected chi connectivity index (χ0v) is 11.1. The average Bonchev–Trinajstić information content (AvgIpc) is 2.32. The third-order valence-corrected chi connectivity index (χ3v) is 3.55. The van der Waals surface area contributed by atoms with Crippen LogP contribution in [0.5, 0.6) is 0 Å². The van der Waals surface area contributed by atoms with Crippen LogP contribution in [0.15, 0.2) is 0 Å². The molecule has 1 aliphatic heterocycles. The lowest BCUT2D eigenvalue weighted by Crippen LogP contribution is -2.53. The molecule has 0 aromatic carbocycles. The predicted molar refractivity (Wildman–Crippen MR) is 69.2 cm³/mol. The topological polar surface area (TPSA) is 52.6 Å². The van der Waals surface area contributed by atoms with Gasteiger partial charge in [-0.05, 0) is 38.8 Å². The summed E-state index contributed by atoms with van der Waals surface area (Å²) in [6, 6.07) is 0.0973. The summed E-state index contributed by atoms with van der Waals surface area (Å²) in [5.41, 5.74) is 0. The molecule has 2 unspecified atom stereocenters. The molecule has 0 amide bonds. The van der Waals surface area contributed by atoms with E-state index in [0.29, 0.717) is 12.5 Å². The molecule has 0 radical (unpaired) electrons. The van der Waals surface area contributed by atoms with Gasteiger partial charge in [0, 0.05) is 12.6 Å². The molecule has 4 heteroatoms. The highest BCUT2D eigenvalue weighted by Gasteiger charge is 2.31. The molecule has 0 aromatic heterocycles. The summed E-state index contributed by atoms with van der Waals surface area (Å²) in [6.45, 7) is 7.00. The van der Waals surface area contributed by atoms with E-state index in [-0.39, 0.29) is 6.04 Å². The molecule has 2 N–H and O–H groups in total. The van der Waals surface area contributed by atoms with Crippen molar-refractivity contribution in [2.45, 2.75) is 58.0 Å². The molecule has 2 atom stereocenters. The smallest absolute Gasteiger partial charge is 0.320 e. The predicted octanol–water partition coefficient (Wildman–Crippen LogP) is 1.70. The van der Waals surface area contributed by atoms with Crippen molar-refractivity contribution in [2.75, 3.05) is 19.6 Å². The van der Waals surface area contributed by atoms with Gasteiger partial charge >= 0.3 is 5.97 Å². The molecular weight excluding hydrogens is 216 g/mol. The summed E-state index contributed by atoms with van der Waals surface area (Å²) < 4.78 is 0. The van der Waals surface area contributed by atoms with Crippen LogP contribution in [0.4, 0.5) is 0 Å². The van der Waals surface area contributed by atoms with Gasteiger partial charge in [0.1, 0.15) is 6.04 Å². The Kier molecular flexibility index (Phi) is 6.52. The molecule has 1 rings (SSSR count). The number of carbonyl (C=O) groups is 1. The van der Waals surface area contributed by atoms with Crippen molar-refractivity contribution in [2.24, 2.45) is 0 Å². The molecule has 0 aromatic rings. The van der Waals surface area contributed by atoms with Crippen molar-refractivity contribution < 1.29 is 9.90 Å². The quantitative estimate of drug-likeness (QED) is 0.667. The Hall–Kier alpha value is -0.610. The fourth-order valence-corrected chi connectivity index (χ4v) is 2.65. The van der Waals surface area contributed by atoms with Crippen molar-refractivity contribution in [3.63, 3.8) is 0 Å². The minimum atomic E-state index is -0.671. The van der Waals surface area contributed by atoms with Gasteiger partial charge in [0.05, 0.1) is 0 Å². The number of carboxylic acid groups (broad SMARTS) is 1. The fraction of sp³-hybridized carbons (Fsp3) is 0.923. The first kappa shape index (κ1) is 14.5. The van der Waals surface area contributed by atoms with E-state index in [4.69, 9.17) is 0 Å². The van der Waals surface area contributed by atoms with E-state index in [1.54, 1.807) is 0 Å². The second-order valence-corrected chi connectivity index (χ2v) is 4.85. The molecule has 0 spiro atoms. The van der Waals surface area contributed by atoms with Crippen molar-refractivity contribution in [3.05, 3.63) is 0 Å². The van der Waals surface area contributed by atoms with Crippen LogP contribution >= 0.6 is 0 Å². The van der Waals surface area contributed by atoms with Gasteiger partial charge in [-0.25, -0.2) is 0 Å². The van der Waals surface area contributed by atoms with Crippen LogP contribution in [0, 0.1) is 0 Å². The Bertz CT molecular complexity index is 233. The van der Waals surface area contributed by atoms with E-state index >= 15 is 0 Å². The lowest BCUT2D eigenvalue weighted by atomic mass is 9.98. The molecule has 0 saturated carbocycles. The van der Waals surface area contributed by atoms with Crippen LogP contribution in [-0.2, 0) is 4.79 Å². The lowest BCUT2D eigenvalue weighted by Gasteiger charge is -2.39. The average molecular weight is 242 g/mol. The SMILES string of the molecule is CCCNCC1CCCCN1C(CC)C(=O)O. The standard InChI is InChI=1S/C13H26N2O2/c1-3-8-14-10-11-7-5-6-9-15(11)12(4-2)13(16)17/h11-12,14H,3-10H2,1-2H3,(H,16,17). The van der Waals surface area contributed by atoms with Crippen LogP contribution in [0.2, 0.25) is 0 Å². The number of hydrogen-bond acceptors (Lipinski definition) is 3. The largest absolute Gasteiger partial charge is 0.480 e. The Balaban J connectivity index is 2.54. The maximum atomic E-state index is 11.2. The van der Waals surface area contributed by atoms with Crippen molar-refractivity contribution >= 4 is 5.97 Å². The van der Waals surface area contributed by atoms with Crippen molar-refractivity contribution in [1.29, 1.82) is 0 Å². The minimum absolute atomic E-state index is 0.302. The number of aliphatic carboxylic acids is 1. The summed E-state index contributed by atoms with van der Waals surface area (Å²) in [5, 5.41) is 12.7. The molecule has 1 saturated heterocycles. The van der Waals surface area contributed by atoms with E-state index in [0.717, 1.165) is 38.9 Å². The molecule has 17 heavy (non-hydrogen) atoms. The number of piperidine rings is 1. The highest BCUT2D eigenvalue weighted by molar-refractivity contribution is 5.73. The maximum absolute atomic E-state index is 11.2. The summed E-state index contributed by atoms with van der Waals surface area (Å²) in [6.07, 6.45) is 5.31. The van der Waals surface area contributed by atoms with E-state index in [1.807, 2.05) is 6.92 Å². The number of likely N-dealkylation sites (tertiary alicyclic amines) is 1. The van der Waals surface area contributed by atoms with Gasteiger partial charge in [-0.2, -0.15) is 0 Å². The van der Waals surface area contributed by atoms with Gasteiger partial charge in [0.25, 0.3) is 0 Å². The highest BCUT2D eigenvalue weighted by Crippen LogP contribution is 2.20. The zero-order valence-electron chi connectivity index (χ0n) is 11.1. The second kappa shape index (κ2) is 7.67. The highest BCUT2D eigenvalue weighted by atomic mass is 16.4. The van der Waals surface area contributed by atoms with Crippen LogP contribution in [-0.4, -0.2) is 47.7 Å². The van der Waals surface area contributed by atoms with Crippen molar-refractivity contribution in [1.82, 2.24) is 10.2 Å². The summed E-state index contributed by atoms with van der Waals surface area (Å²) in [5.74, 6) is -0.671.